The SMILES string of the molecule is O=C(O)CC(=O)c1cc(-c2coc3ccccc23)co1. The lowest BCUT2D eigenvalue weighted by Crippen LogP contribution is -2.05. The lowest BCUT2D eigenvalue weighted by molar-refractivity contribution is -0.135. The van der Waals surface area contributed by atoms with Crippen molar-refractivity contribution in [3.63, 3.8) is 0 Å². The van der Waals surface area contributed by atoms with Crippen molar-refractivity contribution in [2.24, 2.45) is 0 Å². The molecule has 0 atom stereocenters. The topological polar surface area (TPSA) is 80.6 Å². The van der Waals surface area contributed by atoms with Crippen LogP contribution in [0.1, 0.15) is 17.0 Å². The third-order valence-corrected chi connectivity index (χ3v) is 2.98. The van der Waals surface area contributed by atoms with Gasteiger partial charge in [0.1, 0.15) is 12.0 Å². The zero-order valence-corrected chi connectivity index (χ0v) is 10.3. The first-order chi connectivity index (χ1) is 9.65. The molecular weight excluding hydrogens is 260 g/mol. The van der Waals surface area contributed by atoms with Crippen LogP contribution in [0.2, 0.25) is 0 Å². The molecule has 3 aromatic rings. The van der Waals surface area contributed by atoms with Gasteiger partial charge in [0, 0.05) is 16.5 Å². The highest BCUT2D eigenvalue weighted by Crippen LogP contribution is 2.31. The van der Waals surface area contributed by atoms with E-state index in [2.05, 4.69) is 0 Å². The van der Waals surface area contributed by atoms with E-state index in [9.17, 15) is 9.59 Å². The molecular formula is C15H10O5. The number of carbonyl (C=O) groups is 2. The van der Waals surface area contributed by atoms with Crippen molar-refractivity contribution in [2.45, 2.75) is 6.42 Å². The number of hydrogen-bond donors (Lipinski definition) is 1. The van der Waals surface area contributed by atoms with Crippen molar-refractivity contribution in [3.05, 3.63) is 48.6 Å². The van der Waals surface area contributed by atoms with Crippen LogP contribution in [0.5, 0.6) is 0 Å². The third-order valence-electron chi connectivity index (χ3n) is 2.98. The number of carbonyl (C=O) groups excluding carboxylic acids is 1. The van der Waals surface area contributed by atoms with Gasteiger partial charge < -0.3 is 13.9 Å². The van der Waals surface area contributed by atoms with Crippen LogP contribution in [-0.2, 0) is 4.79 Å². The molecule has 5 nitrogen and oxygen atoms in total. The van der Waals surface area contributed by atoms with Crippen LogP contribution in [0.15, 0.2) is 51.7 Å². The number of rotatable bonds is 4. The standard InChI is InChI=1S/C15H10O5/c16-12(6-15(17)18)14-5-9(7-19-14)11-8-20-13-4-2-1-3-10(11)13/h1-5,7-8H,6H2,(H,17,18). The number of fused-ring (bicyclic) bond motifs is 1. The van der Waals surface area contributed by atoms with Crippen LogP contribution in [-0.4, -0.2) is 16.9 Å². The average molecular weight is 270 g/mol. The highest BCUT2D eigenvalue weighted by atomic mass is 16.4. The van der Waals surface area contributed by atoms with Crippen LogP contribution in [0.25, 0.3) is 22.1 Å². The normalized spacial score (nSPS) is 10.8. The molecule has 0 saturated heterocycles. The highest BCUT2D eigenvalue weighted by molar-refractivity contribution is 6.05. The summed E-state index contributed by atoms with van der Waals surface area (Å²) in [5, 5.41) is 9.51. The van der Waals surface area contributed by atoms with Gasteiger partial charge in [-0.3, -0.25) is 9.59 Å². The van der Waals surface area contributed by atoms with Gasteiger partial charge in [-0.2, -0.15) is 0 Å². The van der Waals surface area contributed by atoms with Gasteiger partial charge in [-0.05, 0) is 12.1 Å². The number of furan rings is 2. The largest absolute Gasteiger partial charge is 0.481 e. The summed E-state index contributed by atoms with van der Waals surface area (Å²) in [6.45, 7) is 0. The second kappa shape index (κ2) is 4.70. The first-order valence-corrected chi connectivity index (χ1v) is 5.95. The third kappa shape index (κ3) is 2.09. The molecule has 0 saturated carbocycles. The molecule has 0 aliphatic rings. The second-order valence-corrected chi connectivity index (χ2v) is 4.34. The van der Waals surface area contributed by atoms with Gasteiger partial charge in [0.2, 0.25) is 5.78 Å². The van der Waals surface area contributed by atoms with E-state index in [-0.39, 0.29) is 5.76 Å². The molecule has 2 heterocycles. The molecule has 20 heavy (non-hydrogen) atoms. The Kier molecular flexibility index (Phi) is 2.87. The Hall–Kier alpha value is -2.82. The van der Waals surface area contributed by atoms with Crippen molar-refractivity contribution in [2.75, 3.05) is 0 Å². The molecule has 0 spiro atoms. The molecule has 0 aliphatic carbocycles. The van der Waals surface area contributed by atoms with Gasteiger partial charge in [-0.25, -0.2) is 0 Å². The van der Waals surface area contributed by atoms with Crippen molar-refractivity contribution in [3.8, 4) is 11.1 Å². The maximum Gasteiger partial charge on any atom is 0.311 e. The van der Waals surface area contributed by atoms with E-state index >= 15 is 0 Å². The first-order valence-electron chi connectivity index (χ1n) is 5.95. The molecule has 1 N–H and O–H groups in total. The van der Waals surface area contributed by atoms with E-state index < -0.39 is 18.2 Å². The minimum absolute atomic E-state index is 0.0349. The fourth-order valence-corrected chi connectivity index (χ4v) is 2.05. The number of carboxylic acid groups (broad SMARTS) is 1. The van der Waals surface area contributed by atoms with Crippen LogP contribution in [0, 0.1) is 0 Å². The van der Waals surface area contributed by atoms with E-state index in [0.717, 1.165) is 16.5 Å². The molecule has 0 fully saturated rings. The fourth-order valence-electron chi connectivity index (χ4n) is 2.05. The zero-order valence-electron chi connectivity index (χ0n) is 10.3. The minimum atomic E-state index is -1.18. The van der Waals surface area contributed by atoms with Crippen molar-refractivity contribution >= 4 is 22.7 Å². The molecule has 0 unspecified atom stereocenters. The van der Waals surface area contributed by atoms with Crippen LogP contribution < -0.4 is 0 Å². The Morgan fingerprint density at radius 1 is 1.10 bits per heavy atom. The van der Waals surface area contributed by atoms with E-state index in [1.165, 1.54) is 12.3 Å². The van der Waals surface area contributed by atoms with Crippen molar-refractivity contribution < 1.29 is 23.5 Å². The number of Topliss-reactive ketones (excluding diaryl/α,β-unsaturated/α-hetero) is 1. The summed E-state index contributed by atoms with van der Waals surface area (Å²) in [4.78, 5) is 22.1. The number of aliphatic carboxylic acids is 1. The first kappa shape index (κ1) is 12.2. The number of carboxylic acids is 1. The van der Waals surface area contributed by atoms with Crippen molar-refractivity contribution in [1.82, 2.24) is 0 Å². The number of para-hydroxylation sites is 1. The molecule has 0 bridgehead atoms. The second-order valence-electron chi connectivity index (χ2n) is 4.34. The molecule has 3 rings (SSSR count). The predicted molar refractivity (Wildman–Crippen MR) is 70.5 cm³/mol. The molecule has 0 radical (unpaired) electrons. The number of ketones is 1. The summed E-state index contributed by atoms with van der Waals surface area (Å²) in [5.74, 6) is -1.70. The minimum Gasteiger partial charge on any atom is -0.481 e. The quantitative estimate of drug-likeness (QED) is 0.580. The van der Waals surface area contributed by atoms with E-state index in [1.807, 2.05) is 24.3 Å². The Balaban J connectivity index is 1.98. The van der Waals surface area contributed by atoms with Gasteiger partial charge in [0.15, 0.2) is 5.76 Å². The van der Waals surface area contributed by atoms with E-state index in [4.69, 9.17) is 13.9 Å². The Labute approximate surface area is 113 Å². The van der Waals surface area contributed by atoms with Crippen molar-refractivity contribution in [1.29, 1.82) is 0 Å². The summed E-state index contributed by atoms with van der Waals surface area (Å²) in [6, 6.07) is 9.03. The molecule has 0 amide bonds. The Morgan fingerprint density at radius 3 is 2.70 bits per heavy atom. The highest BCUT2D eigenvalue weighted by Gasteiger charge is 2.17. The summed E-state index contributed by atoms with van der Waals surface area (Å²) >= 11 is 0. The average Bonchev–Trinajstić information content (AvgIpc) is 3.04. The summed E-state index contributed by atoms with van der Waals surface area (Å²) in [6.07, 6.45) is 2.42. The number of hydrogen-bond acceptors (Lipinski definition) is 4. The summed E-state index contributed by atoms with van der Waals surface area (Å²) in [5.41, 5.74) is 2.23. The van der Waals surface area contributed by atoms with E-state index in [1.54, 1.807) is 6.26 Å². The fraction of sp³-hybridized carbons (Fsp3) is 0.0667. The summed E-state index contributed by atoms with van der Waals surface area (Å²) in [7, 11) is 0. The van der Waals surface area contributed by atoms with Crippen LogP contribution in [0.3, 0.4) is 0 Å². The molecule has 1 aromatic carbocycles. The predicted octanol–water partition coefficient (Wildman–Crippen LogP) is 3.35. The smallest absolute Gasteiger partial charge is 0.311 e. The zero-order chi connectivity index (χ0) is 14.1. The lowest BCUT2D eigenvalue weighted by Gasteiger charge is -1.91. The lowest BCUT2D eigenvalue weighted by atomic mass is 10.1. The van der Waals surface area contributed by atoms with Crippen LogP contribution in [0.4, 0.5) is 0 Å². The van der Waals surface area contributed by atoms with Crippen LogP contribution >= 0.6 is 0 Å². The Morgan fingerprint density at radius 2 is 1.90 bits per heavy atom. The maximum atomic E-state index is 11.6. The Bertz CT molecular complexity index is 793. The monoisotopic (exact) mass is 270 g/mol. The number of benzene rings is 1. The van der Waals surface area contributed by atoms with Gasteiger partial charge in [-0.15, -0.1) is 0 Å². The molecule has 0 aliphatic heterocycles. The van der Waals surface area contributed by atoms with Gasteiger partial charge in [0.25, 0.3) is 0 Å². The van der Waals surface area contributed by atoms with Gasteiger partial charge >= 0.3 is 5.97 Å². The van der Waals surface area contributed by atoms with E-state index in [0.29, 0.717) is 5.56 Å². The molecule has 100 valence electrons. The van der Waals surface area contributed by atoms with Gasteiger partial charge in [-0.1, -0.05) is 18.2 Å². The maximum absolute atomic E-state index is 11.6. The summed E-state index contributed by atoms with van der Waals surface area (Å²) < 4.78 is 10.6. The molecule has 2 aromatic heterocycles. The molecule has 5 heteroatoms. The van der Waals surface area contributed by atoms with Gasteiger partial charge in [0.05, 0.1) is 12.5 Å².